The average molecular weight is 343 g/mol. The van der Waals surface area contributed by atoms with Gasteiger partial charge in [-0.3, -0.25) is 0 Å². The normalized spacial score (nSPS) is 12.8. The van der Waals surface area contributed by atoms with E-state index in [9.17, 15) is 0 Å². The molecule has 0 unspecified atom stereocenters. The molecule has 0 N–H and O–H groups in total. The van der Waals surface area contributed by atoms with Gasteiger partial charge in [0.1, 0.15) is 0 Å². The summed E-state index contributed by atoms with van der Waals surface area (Å²) < 4.78 is 2.44. The molecule has 0 saturated heterocycles. The summed E-state index contributed by atoms with van der Waals surface area (Å²) in [5.74, 6) is 0. The molecule has 0 aromatic heterocycles. The fourth-order valence-corrected chi connectivity index (χ4v) is 3.59. The Morgan fingerprint density at radius 2 is 0.625 bits per heavy atom. The molecule has 2 nitrogen and oxygen atoms in total. The van der Waals surface area contributed by atoms with Crippen molar-refractivity contribution in [2.75, 3.05) is 54.4 Å². The first kappa shape index (κ1) is 23.9. The molecular formula is C22H50N2+2. The van der Waals surface area contributed by atoms with Crippen LogP contribution in [-0.4, -0.2) is 63.3 Å². The predicted octanol–water partition coefficient (Wildman–Crippen LogP) is 5.86. The summed E-state index contributed by atoms with van der Waals surface area (Å²) in [5.41, 5.74) is 0. The second kappa shape index (κ2) is 14.1. The Hall–Kier alpha value is -0.0800. The minimum Gasteiger partial charge on any atom is -0.328 e. The van der Waals surface area contributed by atoms with Crippen molar-refractivity contribution >= 4 is 0 Å². The van der Waals surface area contributed by atoms with Crippen LogP contribution in [0.5, 0.6) is 0 Å². The number of rotatable bonds is 17. The van der Waals surface area contributed by atoms with Crippen molar-refractivity contribution in [3.63, 3.8) is 0 Å². The Morgan fingerprint density at radius 3 is 0.917 bits per heavy atom. The van der Waals surface area contributed by atoms with Gasteiger partial charge in [0.05, 0.1) is 54.4 Å². The maximum absolute atomic E-state index is 2.42. The van der Waals surface area contributed by atoms with Crippen molar-refractivity contribution in [2.45, 2.75) is 90.9 Å². The van der Waals surface area contributed by atoms with Crippen molar-refractivity contribution in [1.82, 2.24) is 0 Å². The van der Waals surface area contributed by atoms with Crippen molar-refractivity contribution in [2.24, 2.45) is 0 Å². The quantitative estimate of drug-likeness (QED) is 0.229. The van der Waals surface area contributed by atoms with Gasteiger partial charge < -0.3 is 8.97 Å². The van der Waals surface area contributed by atoms with Crippen LogP contribution in [0.4, 0.5) is 0 Å². The number of quaternary nitrogens is 2. The lowest BCUT2D eigenvalue weighted by atomic mass is 10.1. The summed E-state index contributed by atoms with van der Waals surface area (Å²) in [6, 6.07) is 0. The van der Waals surface area contributed by atoms with Crippen LogP contribution in [0.3, 0.4) is 0 Å². The van der Waals surface area contributed by atoms with Gasteiger partial charge in [0.2, 0.25) is 0 Å². The van der Waals surface area contributed by atoms with Gasteiger partial charge >= 0.3 is 0 Å². The third-order valence-corrected chi connectivity index (χ3v) is 5.51. The second-order valence-corrected chi connectivity index (χ2v) is 9.30. The van der Waals surface area contributed by atoms with Crippen molar-refractivity contribution in [3.05, 3.63) is 0 Å². The molecule has 24 heavy (non-hydrogen) atoms. The summed E-state index contributed by atoms with van der Waals surface area (Å²) in [5, 5.41) is 0. The molecule has 146 valence electrons. The summed E-state index contributed by atoms with van der Waals surface area (Å²) in [6.07, 6.45) is 16.8. The SMILES string of the molecule is CCCCCCC[N+](C)(C)CCCC[N+](C)(C)CCCCCCC. The Morgan fingerprint density at radius 1 is 0.375 bits per heavy atom. The molecule has 0 aromatic rings. The minimum atomic E-state index is 1.22. The van der Waals surface area contributed by atoms with Gasteiger partial charge in [-0.2, -0.15) is 0 Å². The van der Waals surface area contributed by atoms with Gasteiger partial charge in [0.25, 0.3) is 0 Å². The Kier molecular flexibility index (Phi) is 14.1. The fourth-order valence-electron chi connectivity index (χ4n) is 3.59. The zero-order chi connectivity index (χ0) is 18.3. The van der Waals surface area contributed by atoms with Crippen LogP contribution in [0.2, 0.25) is 0 Å². The molecule has 0 radical (unpaired) electrons. The third kappa shape index (κ3) is 15.4. The topological polar surface area (TPSA) is 0 Å². The second-order valence-electron chi connectivity index (χ2n) is 9.30. The van der Waals surface area contributed by atoms with E-state index in [1.165, 1.54) is 112 Å². The number of unbranched alkanes of at least 4 members (excludes halogenated alkanes) is 9. The van der Waals surface area contributed by atoms with Crippen LogP contribution in [0.1, 0.15) is 90.9 Å². The standard InChI is InChI=1S/C22H50N2/c1-7-9-11-13-15-19-23(3,4)21-17-18-22-24(5,6)20-16-14-12-10-8-2/h7-22H2,1-6H3/q+2. The lowest BCUT2D eigenvalue weighted by Crippen LogP contribution is -2.43. The van der Waals surface area contributed by atoms with Crippen molar-refractivity contribution < 1.29 is 8.97 Å². The Labute approximate surface area is 154 Å². The molecule has 0 heterocycles. The van der Waals surface area contributed by atoms with Gasteiger partial charge in [-0.05, 0) is 25.7 Å². The maximum Gasteiger partial charge on any atom is 0.0784 e. The lowest BCUT2D eigenvalue weighted by Gasteiger charge is -2.32. The van der Waals surface area contributed by atoms with Crippen LogP contribution < -0.4 is 0 Å². The first-order chi connectivity index (χ1) is 11.3. The predicted molar refractivity (Wildman–Crippen MR) is 110 cm³/mol. The van der Waals surface area contributed by atoms with E-state index < -0.39 is 0 Å². The molecular weight excluding hydrogens is 292 g/mol. The minimum absolute atomic E-state index is 1.22. The van der Waals surface area contributed by atoms with E-state index >= 15 is 0 Å². The van der Waals surface area contributed by atoms with E-state index in [0.717, 1.165) is 0 Å². The zero-order valence-corrected chi connectivity index (χ0v) is 18.2. The summed E-state index contributed by atoms with van der Waals surface area (Å²) in [4.78, 5) is 0. The molecule has 0 spiro atoms. The highest BCUT2D eigenvalue weighted by atomic mass is 15.3. The highest BCUT2D eigenvalue weighted by Crippen LogP contribution is 2.11. The molecule has 0 amide bonds. The van der Waals surface area contributed by atoms with E-state index in [1.807, 2.05) is 0 Å². The van der Waals surface area contributed by atoms with Gasteiger partial charge in [0.15, 0.2) is 0 Å². The monoisotopic (exact) mass is 342 g/mol. The number of hydrogen-bond donors (Lipinski definition) is 0. The molecule has 0 fully saturated rings. The number of nitrogens with zero attached hydrogens (tertiary/aromatic N) is 2. The summed E-state index contributed by atoms with van der Waals surface area (Å²) in [7, 11) is 9.70. The molecule has 0 bridgehead atoms. The largest absolute Gasteiger partial charge is 0.328 e. The van der Waals surface area contributed by atoms with E-state index in [-0.39, 0.29) is 0 Å². The molecule has 0 aromatic carbocycles. The third-order valence-electron chi connectivity index (χ3n) is 5.51. The van der Waals surface area contributed by atoms with Gasteiger partial charge in [-0.1, -0.05) is 52.4 Å². The van der Waals surface area contributed by atoms with Gasteiger partial charge in [-0.15, -0.1) is 0 Å². The van der Waals surface area contributed by atoms with E-state index in [1.54, 1.807) is 0 Å². The summed E-state index contributed by atoms with van der Waals surface area (Å²) >= 11 is 0. The average Bonchev–Trinajstić information content (AvgIpc) is 2.51. The zero-order valence-electron chi connectivity index (χ0n) is 18.2. The molecule has 0 aliphatic heterocycles. The smallest absolute Gasteiger partial charge is 0.0784 e. The van der Waals surface area contributed by atoms with Crippen LogP contribution in [0, 0.1) is 0 Å². The van der Waals surface area contributed by atoms with Gasteiger partial charge in [0, 0.05) is 12.8 Å². The molecule has 0 aliphatic carbocycles. The van der Waals surface area contributed by atoms with Crippen molar-refractivity contribution in [1.29, 1.82) is 0 Å². The highest BCUT2D eigenvalue weighted by molar-refractivity contribution is 4.46. The lowest BCUT2D eigenvalue weighted by molar-refractivity contribution is -0.897. The fraction of sp³-hybridized carbons (Fsp3) is 1.00. The Balaban J connectivity index is 3.69. The first-order valence-corrected chi connectivity index (χ1v) is 11.0. The maximum atomic E-state index is 2.42. The Bertz CT molecular complexity index is 243. The van der Waals surface area contributed by atoms with E-state index in [4.69, 9.17) is 0 Å². The molecule has 2 heteroatoms. The molecule has 0 aliphatic rings. The first-order valence-electron chi connectivity index (χ1n) is 11.0. The van der Waals surface area contributed by atoms with Crippen LogP contribution in [0.15, 0.2) is 0 Å². The van der Waals surface area contributed by atoms with Crippen molar-refractivity contribution in [3.8, 4) is 0 Å². The van der Waals surface area contributed by atoms with E-state index in [0.29, 0.717) is 0 Å². The molecule has 0 rings (SSSR count). The van der Waals surface area contributed by atoms with Gasteiger partial charge in [-0.25, -0.2) is 0 Å². The highest BCUT2D eigenvalue weighted by Gasteiger charge is 2.17. The van der Waals surface area contributed by atoms with E-state index in [2.05, 4.69) is 42.0 Å². The van der Waals surface area contributed by atoms with Crippen LogP contribution >= 0.6 is 0 Å². The van der Waals surface area contributed by atoms with Crippen LogP contribution in [0.25, 0.3) is 0 Å². The van der Waals surface area contributed by atoms with Crippen LogP contribution in [-0.2, 0) is 0 Å². The molecule has 0 saturated carbocycles. The number of hydrogen-bond acceptors (Lipinski definition) is 0. The summed E-state index contributed by atoms with van der Waals surface area (Å²) in [6.45, 7) is 10.0. The molecule has 0 atom stereocenters.